The second-order valence-corrected chi connectivity index (χ2v) is 17.9. The van der Waals surface area contributed by atoms with Crippen LogP contribution in [0.4, 0.5) is 5.82 Å². The number of fused-ring (bicyclic) bond motifs is 1. The molecule has 0 spiro atoms. The van der Waals surface area contributed by atoms with Crippen LogP contribution in [-0.4, -0.2) is 163 Å². The van der Waals surface area contributed by atoms with Crippen molar-refractivity contribution in [3.8, 4) is 0 Å². The van der Waals surface area contributed by atoms with E-state index in [-0.39, 0.29) is 78.2 Å². The van der Waals surface area contributed by atoms with E-state index in [2.05, 4.69) is 34.4 Å². The number of carboxylic acid groups (broad SMARTS) is 1. The SMILES string of the molecule is CCC(C(=O)O)C(=O)SCCNC(=O)CCNC(=O)[C@H](O)C(C)(C)COP(=O)(O)OP(=O)(O)OC[C@H]1O[C@@H](n2cnc3c(N)ncnc32)[C@H](O)[C@@H]1OP(=O)(O)O.[Na]. The van der Waals surface area contributed by atoms with Crippen molar-refractivity contribution in [2.45, 2.75) is 64.3 Å². The van der Waals surface area contributed by atoms with Crippen LogP contribution in [0.1, 0.15) is 39.8 Å². The van der Waals surface area contributed by atoms with Crippen molar-refractivity contribution < 1.29 is 90.4 Å². The number of amides is 2. The minimum atomic E-state index is -5.59. The van der Waals surface area contributed by atoms with Crippen LogP contribution in [0, 0.1) is 11.3 Å². The molecule has 1 radical (unpaired) electrons. The number of rotatable bonds is 22. The number of aliphatic carboxylic acids is 1. The zero-order valence-electron chi connectivity index (χ0n) is 30.7. The third-order valence-corrected chi connectivity index (χ3v) is 11.8. The van der Waals surface area contributed by atoms with E-state index in [0.29, 0.717) is 0 Å². The fourth-order valence-electron chi connectivity index (χ4n) is 4.82. The molecule has 2 amide bonds. The Morgan fingerprint density at radius 3 is 2.32 bits per heavy atom. The minimum Gasteiger partial charge on any atom is -0.481 e. The van der Waals surface area contributed by atoms with E-state index in [1.54, 1.807) is 6.92 Å². The number of nitrogens with zero attached hydrogens (tertiary/aromatic N) is 4. The molecular weight excluding hydrogens is 862 g/mol. The fourth-order valence-corrected chi connectivity index (χ4v) is 8.53. The molecule has 0 bridgehead atoms. The number of hydrogen-bond acceptors (Lipinski definition) is 19. The number of imidazole rings is 1. The number of aromatic nitrogens is 4. The summed E-state index contributed by atoms with van der Waals surface area (Å²) >= 11 is 0.750. The molecule has 1 fully saturated rings. The van der Waals surface area contributed by atoms with Crippen LogP contribution in [0.25, 0.3) is 11.2 Å². The molecule has 26 nitrogen and oxygen atoms in total. The molecule has 11 N–H and O–H groups in total. The van der Waals surface area contributed by atoms with Gasteiger partial charge in [-0.15, -0.1) is 0 Å². The molecule has 1 aliphatic heterocycles. The number of nitrogens with two attached hydrogens (primary N) is 1. The molecule has 2 aromatic rings. The number of phosphoric acid groups is 3. The maximum Gasteiger partial charge on any atom is 0.481 e. The first kappa shape index (κ1) is 51.2. The minimum absolute atomic E-state index is 0. The van der Waals surface area contributed by atoms with Gasteiger partial charge in [-0.2, -0.15) is 4.31 Å². The van der Waals surface area contributed by atoms with E-state index in [9.17, 15) is 62.7 Å². The molecule has 317 valence electrons. The average Bonchev–Trinajstić information content (AvgIpc) is 3.64. The van der Waals surface area contributed by atoms with Crippen LogP contribution in [0.15, 0.2) is 12.7 Å². The van der Waals surface area contributed by atoms with E-state index in [4.69, 9.17) is 24.6 Å². The Morgan fingerprint density at radius 1 is 1.05 bits per heavy atom. The first-order valence-corrected chi connectivity index (χ1v) is 21.7. The molecule has 2 aromatic heterocycles. The van der Waals surface area contributed by atoms with Gasteiger partial charge in [-0.05, 0) is 6.42 Å². The number of hydrogen-bond donors (Lipinski definition) is 10. The van der Waals surface area contributed by atoms with E-state index < -0.39 is 102 Å². The van der Waals surface area contributed by atoms with Crippen molar-refractivity contribution in [3.63, 3.8) is 0 Å². The van der Waals surface area contributed by atoms with Gasteiger partial charge in [-0.25, -0.2) is 28.6 Å². The van der Waals surface area contributed by atoms with Gasteiger partial charge in [0.2, 0.25) is 16.9 Å². The van der Waals surface area contributed by atoms with Gasteiger partial charge in [0.1, 0.15) is 42.2 Å². The van der Waals surface area contributed by atoms with Gasteiger partial charge in [-0.1, -0.05) is 32.5 Å². The third-order valence-electron chi connectivity index (χ3n) is 7.74. The molecule has 8 atom stereocenters. The number of carbonyl (C=O) groups excluding carboxylic acids is 3. The summed E-state index contributed by atoms with van der Waals surface area (Å²) in [6, 6.07) is 0. The molecule has 0 aliphatic carbocycles. The second-order valence-electron chi connectivity index (χ2n) is 12.5. The molecule has 3 heterocycles. The number of anilines is 1. The zero-order valence-corrected chi connectivity index (χ0v) is 36.2. The average molecular weight is 905 g/mol. The summed E-state index contributed by atoms with van der Waals surface area (Å²) in [5, 5.41) is 34.6. The van der Waals surface area contributed by atoms with E-state index >= 15 is 0 Å². The van der Waals surface area contributed by atoms with Crippen LogP contribution in [-0.2, 0) is 55.5 Å². The number of aliphatic hydroxyl groups excluding tert-OH is 2. The van der Waals surface area contributed by atoms with E-state index in [1.807, 2.05) is 0 Å². The van der Waals surface area contributed by atoms with Gasteiger partial charge in [0, 0.05) is 60.2 Å². The summed E-state index contributed by atoms with van der Waals surface area (Å²) in [6.07, 6.45) is -7.01. The van der Waals surface area contributed by atoms with E-state index in [1.165, 1.54) is 13.8 Å². The summed E-state index contributed by atoms with van der Waals surface area (Å²) in [6.45, 7) is 1.68. The first-order valence-electron chi connectivity index (χ1n) is 16.2. The Hall–Kier alpha value is -1.97. The summed E-state index contributed by atoms with van der Waals surface area (Å²) in [5.74, 6) is -3.92. The molecule has 1 saturated heterocycles. The number of ether oxygens (including phenoxy) is 1. The number of nitrogens with one attached hydrogen (secondary N) is 2. The Labute approximate surface area is 349 Å². The molecule has 31 heteroatoms. The predicted octanol–water partition coefficient (Wildman–Crippen LogP) is -1.61. The van der Waals surface area contributed by atoms with Gasteiger partial charge in [0.25, 0.3) is 0 Å². The normalized spacial score (nSPS) is 21.8. The number of thioether (sulfide) groups is 1. The quantitative estimate of drug-likeness (QED) is 0.0275. The molecule has 3 rings (SSSR count). The topological polar surface area (TPSA) is 401 Å². The standard InChI is InChI=1S/C26H42N7O19P3S.Na/c1-4-13(24(38)39)25(40)56-8-7-28-15(34)5-6-29-22(37)19(36)26(2,3)10-49-55(46,47)52-54(44,45)48-9-14-18(51-53(41,42)43)17(35)23(50-14)33-12-32-16-20(27)30-11-31-21(16)33;/h11-14,17-19,23,35-36H,4-10H2,1-3H3,(H,28,34)(H,29,37)(H,38,39)(H,44,45)(H,46,47)(H2,27,30,31)(H2,41,42,43);/t13?,14-,17-,18-,19+,23-;/m1./s1. The Kier molecular flexibility index (Phi) is 19.3. The number of nitrogen functional groups attached to an aromatic ring is 1. The maximum atomic E-state index is 12.7. The molecule has 0 aromatic carbocycles. The van der Waals surface area contributed by atoms with Gasteiger partial charge in [0.05, 0.1) is 19.5 Å². The summed E-state index contributed by atoms with van der Waals surface area (Å²) < 4.78 is 61.9. The van der Waals surface area contributed by atoms with Gasteiger partial charge in [-0.3, -0.25) is 37.3 Å². The van der Waals surface area contributed by atoms with Gasteiger partial charge in [0.15, 0.2) is 17.7 Å². The molecule has 57 heavy (non-hydrogen) atoms. The van der Waals surface area contributed by atoms with Gasteiger partial charge >= 0.3 is 29.4 Å². The van der Waals surface area contributed by atoms with E-state index in [0.717, 1.165) is 29.0 Å². The largest absolute Gasteiger partial charge is 0.481 e. The van der Waals surface area contributed by atoms with Crippen molar-refractivity contribution >= 4 is 105 Å². The van der Waals surface area contributed by atoms with Crippen molar-refractivity contribution in [1.82, 2.24) is 30.2 Å². The maximum absolute atomic E-state index is 12.7. The Morgan fingerprint density at radius 2 is 1.70 bits per heavy atom. The van der Waals surface area contributed by atoms with Crippen molar-refractivity contribution in [3.05, 3.63) is 12.7 Å². The third kappa shape index (κ3) is 15.2. The summed E-state index contributed by atoms with van der Waals surface area (Å²) in [4.78, 5) is 98.4. The molecule has 1 aliphatic rings. The summed E-state index contributed by atoms with van der Waals surface area (Å²) in [7, 11) is -16.5. The van der Waals surface area contributed by atoms with Crippen molar-refractivity contribution in [1.29, 1.82) is 0 Å². The van der Waals surface area contributed by atoms with Gasteiger partial charge < -0.3 is 56.0 Å². The fraction of sp³-hybridized carbons (Fsp3) is 0.654. The van der Waals surface area contributed by atoms with Crippen LogP contribution in [0.3, 0.4) is 0 Å². The first-order chi connectivity index (χ1) is 25.9. The second kappa shape index (κ2) is 21.5. The monoisotopic (exact) mass is 904 g/mol. The zero-order chi connectivity index (χ0) is 42.2. The number of carbonyl (C=O) groups is 4. The number of carboxylic acids is 1. The van der Waals surface area contributed by atoms with Crippen molar-refractivity contribution in [2.24, 2.45) is 11.3 Å². The molecular formula is C26H42N7NaO19P3S. The van der Waals surface area contributed by atoms with Crippen LogP contribution < -0.4 is 16.4 Å². The summed E-state index contributed by atoms with van der Waals surface area (Å²) in [5.41, 5.74) is 4.19. The number of phosphoric ester groups is 3. The Bertz CT molecular complexity index is 1890. The predicted molar refractivity (Wildman–Crippen MR) is 194 cm³/mol. The molecule has 3 unspecified atom stereocenters. The Balaban J connectivity index is 0.0000112. The number of aliphatic hydroxyl groups is 2. The van der Waals surface area contributed by atoms with Crippen molar-refractivity contribution in [2.75, 3.05) is 37.8 Å². The molecule has 0 saturated carbocycles. The van der Waals surface area contributed by atoms with Crippen LogP contribution in [0.5, 0.6) is 0 Å². The smallest absolute Gasteiger partial charge is 0.481 e. The van der Waals surface area contributed by atoms with Crippen LogP contribution >= 0.6 is 35.2 Å². The van der Waals surface area contributed by atoms with Crippen LogP contribution in [0.2, 0.25) is 0 Å².